The fraction of sp³-hybridized carbons (Fsp3) is 0.400. The first-order valence-electron chi connectivity index (χ1n) is 6.09. The van der Waals surface area contributed by atoms with Gasteiger partial charge in [-0.2, -0.15) is 0 Å². The molecule has 19 heavy (non-hydrogen) atoms. The maximum atomic E-state index is 11.4. The summed E-state index contributed by atoms with van der Waals surface area (Å²) in [5.41, 5.74) is 0.995. The topological polar surface area (TPSA) is 26.3 Å². The minimum atomic E-state index is -0.390. The number of hydrogen-bond acceptors (Lipinski definition) is 2. The van der Waals surface area contributed by atoms with Gasteiger partial charge < -0.3 is 4.74 Å². The molecule has 106 valence electrons. The zero-order valence-corrected chi connectivity index (χ0v) is 12.9. The highest BCUT2D eigenvalue weighted by Crippen LogP contribution is 2.26. The van der Waals surface area contributed by atoms with Crippen molar-refractivity contribution >= 4 is 17.6 Å². The van der Waals surface area contributed by atoms with Crippen molar-refractivity contribution in [1.82, 2.24) is 0 Å². The second-order valence-corrected chi connectivity index (χ2v) is 4.50. The molecule has 1 aromatic carbocycles. The molecule has 0 spiro atoms. The molecule has 0 saturated heterocycles. The molecule has 0 N–H and O–H groups in total. The molecular weight excluding hydrogens is 262 g/mol. The van der Waals surface area contributed by atoms with E-state index >= 15 is 0 Å². The van der Waals surface area contributed by atoms with Crippen molar-refractivity contribution in [3.63, 3.8) is 0 Å². The van der Waals surface area contributed by atoms with Crippen LogP contribution in [0.15, 0.2) is 43.0 Å². The molecule has 1 atom stereocenters. The third-order valence-corrected chi connectivity index (χ3v) is 2.93. The van der Waals surface area contributed by atoms with Crippen molar-refractivity contribution < 1.29 is 14.0 Å². The molecule has 0 saturated carbocycles. The van der Waals surface area contributed by atoms with Crippen LogP contribution >= 0.6 is 11.6 Å². The lowest BCUT2D eigenvalue weighted by atomic mass is 10.1. The Morgan fingerprint density at radius 3 is 2.32 bits per heavy atom. The molecule has 0 aliphatic heterocycles. The van der Waals surface area contributed by atoms with Gasteiger partial charge in [0.15, 0.2) is 0 Å². The molecule has 4 heteroatoms. The first-order valence-corrected chi connectivity index (χ1v) is 6.85. The summed E-state index contributed by atoms with van der Waals surface area (Å²) in [6.07, 6.45) is 2.37. The molecule has 0 aliphatic rings. The molecule has 0 bridgehead atoms. The van der Waals surface area contributed by atoms with E-state index in [2.05, 4.69) is 25.1 Å². The Kier molecular flexibility index (Phi) is 8.12. The number of ether oxygens (including phenoxy) is 1. The fourth-order valence-corrected chi connectivity index (χ4v) is 1.56. The van der Waals surface area contributed by atoms with Gasteiger partial charge >= 0.3 is 5.97 Å². The van der Waals surface area contributed by atoms with Gasteiger partial charge in [0.1, 0.15) is 0 Å². The average Bonchev–Trinajstić information content (AvgIpc) is 2.47. The molecule has 0 radical (unpaired) electrons. The third kappa shape index (κ3) is 5.45. The summed E-state index contributed by atoms with van der Waals surface area (Å²) in [6.45, 7) is 6.37. The van der Waals surface area contributed by atoms with Crippen LogP contribution in [0.25, 0.3) is 0 Å². The van der Waals surface area contributed by atoms with Gasteiger partial charge in [0.25, 0.3) is 6.23 Å². The predicted molar refractivity (Wildman–Crippen MR) is 79.9 cm³/mol. The van der Waals surface area contributed by atoms with Gasteiger partial charge in [0, 0.05) is 12.5 Å². The molecule has 1 unspecified atom stereocenters. The van der Waals surface area contributed by atoms with Crippen LogP contribution < -0.4 is 0 Å². The van der Waals surface area contributed by atoms with Gasteiger partial charge in [-0.15, -0.1) is 11.6 Å². The predicted octanol–water partition coefficient (Wildman–Crippen LogP) is 3.37. The Hall–Kier alpha value is -1.32. The van der Waals surface area contributed by atoms with Gasteiger partial charge in [-0.25, -0.2) is 4.79 Å². The van der Waals surface area contributed by atoms with E-state index in [1.54, 1.807) is 0 Å². The highest BCUT2D eigenvalue weighted by molar-refractivity contribution is 6.15. The summed E-state index contributed by atoms with van der Waals surface area (Å²) < 4.78 is 6.04. The Labute approximate surface area is 121 Å². The summed E-state index contributed by atoms with van der Waals surface area (Å²) in [5.74, 6) is -0.390. The molecule has 0 heterocycles. The maximum absolute atomic E-state index is 11.4. The molecule has 0 aliphatic carbocycles. The standard InChI is InChI=1S/C14H20NO2.CH3Cl/c1-5-13(16)17-14(15(3,4)6-2)12-10-8-7-9-11-12;1-2/h5,7-11,14H,1,6H2,2-4H3;1H3/q+1;. The highest BCUT2D eigenvalue weighted by atomic mass is 35.5. The summed E-state index contributed by atoms with van der Waals surface area (Å²) >= 11 is 4.64. The molecule has 1 aromatic rings. The Bertz CT molecular complexity index is 390. The van der Waals surface area contributed by atoms with E-state index in [9.17, 15) is 4.79 Å². The van der Waals surface area contributed by atoms with Crippen LogP contribution in [-0.2, 0) is 9.53 Å². The minimum Gasteiger partial charge on any atom is -0.405 e. The van der Waals surface area contributed by atoms with Gasteiger partial charge in [-0.3, -0.25) is 4.48 Å². The monoisotopic (exact) mass is 284 g/mol. The third-order valence-electron chi connectivity index (χ3n) is 2.93. The van der Waals surface area contributed by atoms with Gasteiger partial charge in [0.05, 0.1) is 26.2 Å². The van der Waals surface area contributed by atoms with Crippen LogP contribution in [0.1, 0.15) is 18.7 Å². The second-order valence-electron chi connectivity index (χ2n) is 4.50. The van der Waals surface area contributed by atoms with Crippen molar-refractivity contribution in [2.45, 2.75) is 13.2 Å². The van der Waals surface area contributed by atoms with Crippen molar-refractivity contribution in [3.05, 3.63) is 48.6 Å². The smallest absolute Gasteiger partial charge is 0.334 e. The van der Waals surface area contributed by atoms with Crippen molar-refractivity contribution in [3.8, 4) is 0 Å². The molecule has 0 aromatic heterocycles. The van der Waals surface area contributed by atoms with Crippen molar-refractivity contribution in [2.24, 2.45) is 0 Å². The number of carbonyl (C=O) groups is 1. The lowest BCUT2D eigenvalue weighted by Crippen LogP contribution is -2.44. The number of halogens is 1. The summed E-state index contributed by atoms with van der Waals surface area (Å²) in [7, 11) is 4.07. The number of alkyl halides is 1. The summed E-state index contributed by atoms with van der Waals surface area (Å²) in [5, 5.41) is 0. The number of esters is 1. The number of hydrogen-bond donors (Lipinski definition) is 0. The number of carbonyl (C=O) groups excluding carboxylic acids is 1. The van der Waals surface area contributed by atoms with Gasteiger partial charge in [0.2, 0.25) is 0 Å². The van der Waals surface area contributed by atoms with Crippen molar-refractivity contribution in [1.29, 1.82) is 0 Å². The zero-order valence-electron chi connectivity index (χ0n) is 12.1. The van der Waals surface area contributed by atoms with E-state index in [1.165, 1.54) is 12.5 Å². The van der Waals surface area contributed by atoms with E-state index in [0.717, 1.165) is 12.1 Å². The quantitative estimate of drug-likeness (QED) is 0.272. The summed E-state index contributed by atoms with van der Waals surface area (Å²) in [4.78, 5) is 11.4. The highest BCUT2D eigenvalue weighted by Gasteiger charge is 2.31. The lowest BCUT2D eigenvalue weighted by molar-refractivity contribution is -0.940. The van der Waals surface area contributed by atoms with Crippen LogP contribution in [0, 0.1) is 0 Å². The van der Waals surface area contributed by atoms with Gasteiger partial charge in [-0.05, 0) is 19.1 Å². The normalized spacial score (nSPS) is 11.8. The Morgan fingerprint density at radius 1 is 1.37 bits per heavy atom. The SMILES string of the molecule is C=CC(=O)OC(c1ccccc1)[N+](C)(C)CC.CCl. The van der Waals surface area contributed by atoms with Crippen molar-refractivity contribution in [2.75, 3.05) is 27.0 Å². The van der Waals surface area contributed by atoms with Crippen LogP contribution in [-0.4, -0.2) is 37.5 Å². The largest absolute Gasteiger partial charge is 0.405 e. The van der Waals surface area contributed by atoms with Gasteiger partial charge in [-0.1, -0.05) is 24.8 Å². The number of nitrogens with zero attached hydrogens (tertiary/aromatic N) is 1. The molecular formula is C15H23ClNO2+. The van der Waals surface area contributed by atoms with E-state index in [4.69, 9.17) is 4.74 Å². The minimum absolute atomic E-state index is 0.299. The fourth-order valence-electron chi connectivity index (χ4n) is 1.56. The number of quaternary nitrogens is 1. The first-order chi connectivity index (χ1) is 9.01. The zero-order chi connectivity index (χ0) is 14.9. The van der Waals surface area contributed by atoms with Crippen LogP contribution in [0.4, 0.5) is 0 Å². The van der Waals surface area contributed by atoms with Crippen LogP contribution in [0.3, 0.4) is 0 Å². The van der Waals surface area contributed by atoms with E-state index in [-0.39, 0.29) is 6.23 Å². The Balaban J connectivity index is 0.00000154. The number of rotatable bonds is 5. The van der Waals surface area contributed by atoms with E-state index in [0.29, 0.717) is 4.48 Å². The van der Waals surface area contributed by atoms with Crippen LogP contribution in [0.5, 0.6) is 0 Å². The lowest BCUT2D eigenvalue weighted by Gasteiger charge is -2.35. The molecule has 0 amide bonds. The number of benzene rings is 1. The molecule has 3 nitrogen and oxygen atoms in total. The van der Waals surface area contributed by atoms with E-state index < -0.39 is 5.97 Å². The summed E-state index contributed by atoms with van der Waals surface area (Å²) in [6, 6.07) is 9.77. The first kappa shape index (κ1) is 17.7. The molecule has 0 fully saturated rings. The maximum Gasteiger partial charge on any atom is 0.334 e. The second kappa shape index (κ2) is 8.73. The van der Waals surface area contributed by atoms with Crippen LogP contribution in [0.2, 0.25) is 0 Å². The van der Waals surface area contributed by atoms with E-state index in [1.807, 2.05) is 44.4 Å². The average molecular weight is 285 g/mol. The molecule has 1 rings (SSSR count). The Morgan fingerprint density at radius 2 is 1.89 bits per heavy atom.